The highest BCUT2D eigenvalue weighted by Crippen LogP contribution is 2.72. The Morgan fingerprint density at radius 2 is 1.85 bits per heavy atom. The zero-order valence-corrected chi connectivity index (χ0v) is 25.4. The van der Waals surface area contributed by atoms with Gasteiger partial charge in [-0.3, -0.25) is 9.59 Å². The van der Waals surface area contributed by atoms with Crippen LogP contribution >= 0.6 is 0 Å². The van der Waals surface area contributed by atoms with Gasteiger partial charge in [0.2, 0.25) is 0 Å². The number of esters is 1. The van der Waals surface area contributed by atoms with E-state index in [4.69, 9.17) is 14.2 Å². The average molecular weight is 557 g/mol. The molecule has 0 aromatic heterocycles. The third kappa shape index (κ3) is 3.98. The molecule has 7 nitrogen and oxygen atoms in total. The fourth-order valence-corrected chi connectivity index (χ4v) is 10.3. The molecule has 0 aromatic carbocycles. The number of rotatable bonds is 5. The number of fused-ring (bicyclic) bond motifs is 5. The van der Waals surface area contributed by atoms with Crippen LogP contribution in [0.1, 0.15) is 74.1 Å². The molecule has 12 atom stereocenters. The smallest absolute Gasteiger partial charge is 0.302 e. The summed E-state index contributed by atoms with van der Waals surface area (Å²) in [5.41, 5.74) is -0.210. The van der Waals surface area contributed by atoms with E-state index in [0.717, 1.165) is 6.42 Å². The van der Waals surface area contributed by atoms with Gasteiger partial charge >= 0.3 is 5.97 Å². The SMILES string of the molecule is C=C(C)[C@H](O)[C@@H]1C[C@@H]([C@@H]2CC=C3[C@@]4(C)[C@H]([C@H](O)C[C@]32C)[C@@]2(C)C=CC(=O)C(C)(C)[C@@H]2C[C@H]4OC(C)=O)[C@H](OC)O1. The molecule has 5 rings (SSSR count). The number of carbonyl (C=O) groups excluding carboxylic acids is 2. The van der Waals surface area contributed by atoms with Crippen LogP contribution in [0.25, 0.3) is 0 Å². The highest BCUT2D eigenvalue weighted by Gasteiger charge is 2.71. The van der Waals surface area contributed by atoms with E-state index in [2.05, 4.69) is 33.4 Å². The van der Waals surface area contributed by atoms with Crippen LogP contribution in [-0.4, -0.2) is 59.8 Å². The van der Waals surface area contributed by atoms with Gasteiger partial charge < -0.3 is 24.4 Å². The second kappa shape index (κ2) is 9.62. The summed E-state index contributed by atoms with van der Waals surface area (Å²) in [4.78, 5) is 25.6. The Labute approximate surface area is 239 Å². The molecule has 0 radical (unpaired) electrons. The second-order valence-electron chi connectivity index (χ2n) is 14.6. The molecule has 1 aliphatic heterocycles. The molecule has 1 heterocycles. The van der Waals surface area contributed by atoms with E-state index >= 15 is 0 Å². The van der Waals surface area contributed by atoms with Crippen molar-refractivity contribution in [2.24, 2.45) is 45.3 Å². The lowest BCUT2D eigenvalue weighted by Gasteiger charge is -2.67. The topological polar surface area (TPSA) is 102 Å². The van der Waals surface area contributed by atoms with Gasteiger partial charge in [0.05, 0.1) is 12.2 Å². The molecule has 2 N–H and O–H groups in total. The van der Waals surface area contributed by atoms with Crippen LogP contribution in [0.3, 0.4) is 0 Å². The molecule has 0 spiro atoms. The first-order valence-electron chi connectivity index (χ1n) is 14.8. The molecule has 40 heavy (non-hydrogen) atoms. The number of ketones is 1. The molecule has 2 saturated carbocycles. The van der Waals surface area contributed by atoms with Gasteiger partial charge in [-0.05, 0) is 66.9 Å². The Morgan fingerprint density at radius 1 is 1.18 bits per heavy atom. The third-order valence-electron chi connectivity index (χ3n) is 12.0. The van der Waals surface area contributed by atoms with E-state index < -0.39 is 47.0 Å². The van der Waals surface area contributed by atoms with Gasteiger partial charge in [0.25, 0.3) is 0 Å². The molecule has 4 aliphatic carbocycles. The summed E-state index contributed by atoms with van der Waals surface area (Å²) in [7, 11) is 1.64. The van der Waals surface area contributed by atoms with Crippen molar-refractivity contribution in [3.8, 4) is 0 Å². The van der Waals surface area contributed by atoms with Crippen molar-refractivity contribution in [3.05, 3.63) is 36.0 Å². The maximum atomic E-state index is 13.0. The summed E-state index contributed by atoms with van der Waals surface area (Å²) in [5.74, 6) is -0.455. The Morgan fingerprint density at radius 3 is 2.45 bits per heavy atom. The van der Waals surface area contributed by atoms with Gasteiger partial charge in [-0.2, -0.15) is 0 Å². The quantitative estimate of drug-likeness (QED) is 0.372. The summed E-state index contributed by atoms with van der Waals surface area (Å²) in [6.07, 6.45) is 5.82. The van der Waals surface area contributed by atoms with E-state index in [1.54, 1.807) is 20.1 Å². The lowest BCUT2D eigenvalue weighted by Crippen LogP contribution is -2.68. The van der Waals surface area contributed by atoms with Crippen molar-refractivity contribution in [2.45, 2.75) is 105 Å². The number of hydrogen-bond acceptors (Lipinski definition) is 7. The number of hydrogen-bond donors (Lipinski definition) is 2. The van der Waals surface area contributed by atoms with Crippen molar-refractivity contribution in [3.63, 3.8) is 0 Å². The monoisotopic (exact) mass is 556 g/mol. The zero-order valence-electron chi connectivity index (χ0n) is 25.4. The number of carbonyl (C=O) groups is 2. The normalized spacial score (nSPS) is 48.0. The van der Waals surface area contributed by atoms with Gasteiger partial charge in [0, 0.05) is 36.7 Å². The number of aliphatic hydroxyl groups excluding tert-OH is 2. The number of aliphatic hydroxyl groups is 2. The number of allylic oxidation sites excluding steroid dienone is 3. The Bertz CT molecular complexity index is 1150. The van der Waals surface area contributed by atoms with Crippen molar-refractivity contribution in [2.75, 3.05) is 7.11 Å². The van der Waals surface area contributed by atoms with Crippen LogP contribution in [0, 0.1) is 45.3 Å². The zero-order chi connectivity index (χ0) is 29.6. The lowest BCUT2D eigenvalue weighted by molar-refractivity contribution is -0.212. The summed E-state index contributed by atoms with van der Waals surface area (Å²) in [5, 5.41) is 22.9. The van der Waals surface area contributed by atoms with Gasteiger partial charge in [0.15, 0.2) is 12.1 Å². The van der Waals surface area contributed by atoms with Crippen LogP contribution in [0.5, 0.6) is 0 Å². The van der Waals surface area contributed by atoms with Crippen molar-refractivity contribution < 1.29 is 34.0 Å². The minimum absolute atomic E-state index is 0.0142. The third-order valence-corrected chi connectivity index (χ3v) is 12.0. The van der Waals surface area contributed by atoms with Crippen molar-refractivity contribution in [1.82, 2.24) is 0 Å². The van der Waals surface area contributed by atoms with Gasteiger partial charge in [0.1, 0.15) is 12.2 Å². The maximum Gasteiger partial charge on any atom is 0.302 e. The molecule has 1 saturated heterocycles. The van der Waals surface area contributed by atoms with Crippen LogP contribution in [0.4, 0.5) is 0 Å². The van der Waals surface area contributed by atoms with E-state index in [-0.39, 0.29) is 40.8 Å². The molecule has 0 amide bonds. The predicted octanol–water partition coefficient (Wildman–Crippen LogP) is 4.76. The average Bonchev–Trinajstić information content (AvgIpc) is 3.43. The fraction of sp³-hybridized carbons (Fsp3) is 0.758. The van der Waals surface area contributed by atoms with Crippen molar-refractivity contribution >= 4 is 11.8 Å². The largest absolute Gasteiger partial charge is 0.462 e. The molecule has 0 aromatic rings. The highest BCUT2D eigenvalue weighted by atomic mass is 16.7. The van der Waals surface area contributed by atoms with E-state index in [0.29, 0.717) is 24.8 Å². The summed E-state index contributed by atoms with van der Waals surface area (Å²) in [6.45, 7) is 17.7. The minimum atomic E-state index is -0.768. The van der Waals surface area contributed by atoms with Gasteiger partial charge in [-0.15, -0.1) is 0 Å². The van der Waals surface area contributed by atoms with Crippen LogP contribution in [0.15, 0.2) is 36.0 Å². The molecular weight excluding hydrogens is 508 g/mol. The number of ether oxygens (including phenoxy) is 3. The summed E-state index contributed by atoms with van der Waals surface area (Å²) < 4.78 is 18.2. The fourth-order valence-electron chi connectivity index (χ4n) is 10.3. The Balaban J connectivity index is 1.58. The molecule has 7 heteroatoms. The predicted molar refractivity (Wildman–Crippen MR) is 151 cm³/mol. The first-order chi connectivity index (χ1) is 18.5. The maximum absolute atomic E-state index is 13.0. The van der Waals surface area contributed by atoms with Crippen LogP contribution < -0.4 is 0 Å². The van der Waals surface area contributed by atoms with Gasteiger partial charge in [-0.1, -0.05) is 58.9 Å². The number of methoxy groups -OCH3 is 1. The van der Waals surface area contributed by atoms with E-state index in [1.165, 1.54) is 12.5 Å². The molecule has 5 aliphatic rings. The Hall–Kier alpha value is -1.80. The van der Waals surface area contributed by atoms with Crippen LogP contribution in [-0.2, 0) is 23.8 Å². The first-order valence-corrected chi connectivity index (χ1v) is 14.8. The second-order valence-corrected chi connectivity index (χ2v) is 14.6. The summed E-state index contributed by atoms with van der Waals surface area (Å²) in [6, 6.07) is 0. The first kappa shape index (κ1) is 29.7. The van der Waals surface area contributed by atoms with Crippen molar-refractivity contribution in [1.29, 1.82) is 0 Å². The minimum Gasteiger partial charge on any atom is -0.462 e. The summed E-state index contributed by atoms with van der Waals surface area (Å²) >= 11 is 0. The van der Waals surface area contributed by atoms with Gasteiger partial charge in [-0.25, -0.2) is 0 Å². The molecular formula is C33H48O7. The Kier molecular flexibility index (Phi) is 7.14. The lowest BCUT2D eigenvalue weighted by atomic mass is 9.37. The highest BCUT2D eigenvalue weighted by molar-refractivity contribution is 5.95. The van der Waals surface area contributed by atoms with Crippen LogP contribution in [0.2, 0.25) is 0 Å². The van der Waals surface area contributed by atoms with E-state index in [9.17, 15) is 19.8 Å². The standard InChI is InChI=1S/C33H48O7/c1-17(2)27(37)22-14-19(29(38-9)40-22)20-10-11-23-32(20,7)16-21(35)28-31(6)13-12-25(36)30(4,5)24(31)15-26(33(23,28)8)39-18(3)34/h11-13,19-22,24,26-29,35,37H,1,10,14-16H2,2-9H3/t19-,20-,21+,22-,24-,26+,27-,28+,29+,31-,32-,33+/m0/s1. The molecule has 222 valence electrons. The van der Waals surface area contributed by atoms with E-state index in [1.807, 2.05) is 19.9 Å². The molecule has 3 fully saturated rings. The molecule has 0 unspecified atom stereocenters. The molecule has 0 bridgehead atoms.